The van der Waals surface area contributed by atoms with Crippen LogP contribution in [0.5, 0.6) is 0 Å². The summed E-state index contributed by atoms with van der Waals surface area (Å²) in [5.74, 6) is 0.744. The molecule has 1 unspecified atom stereocenters. The van der Waals surface area contributed by atoms with Crippen molar-refractivity contribution in [3.63, 3.8) is 0 Å². The van der Waals surface area contributed by atoms with Crippen molar-refractivity contribution < 1.29 is 4.74 Å². The van der Waals surface area contributed by atoms with E-state index in [2.05, 4.69) is 29.1 Å². The molecule has 0 aromatic carbocycles. The number of aromatic nitrogens is 2. The van der Waals surface area contributed by atoms with Gasteiger partial charge in [0.1, 0.15) is 0 Å². The molecule has 2 rings (SSSR count). The molecule has 16 heavy (non-hydrogen) atoms. The molecule has 90 valence electrons. The minimum absolute atomic E-state index is 0.542. The van der Waals surface area contributed by atoms with Gasteiger partial charge in [-0.2, -0.15) is 0 Å². The third-order valence-electron chi connectivity index (χ3n) is 3.50. The third-order valence-corrected chi connectivity index (χ3v) is 3.50. The van der Waals surface area contributed by atoms with Crippen LogP contribution in [0.1, 0.15) is 31.2 Å². The van der Waals surface area contributed by atoms with E-state index >= 15 is 0 Å². The Labute approximate surface area is 96.8 Å². The zero-order chi connectivity index (χ0) is 11.4. The van der Waals surface area contributed by atoms with Crippen LogP contribution in [0.3, 0.4) is 0 Å². The Morgan fingerprint density at radius 3 is 2.94 bits per heavy atom. The molecular weight excluding hydrogens is 202 g/mol. The van der Waals surface area contributed by atoms with E-state index in [-0.39, 0.29) is 0 Å². The van der Waals surface area contributed by atoms with Crippen molar-refractivity contribution in [2.24, 2.45) is 5.92 Å². The number of nitrogens with zero attached hydrogens (tertiary/aromatic N) is 1. The third kappa shape index (κ3) is 2.83. The van der Waals surface area contributed by atoms with Crippen molar-refractivity contribution in [1.82, 2.24) is 15.3 Å². The molecule has 1 atom stereocenters. The van der Waals surface area contributed by atoms with Crippen molar-refractivity contribution >= 4 is 0 Å². The number of nitrogens with one attached hydrogen (secondary N) is 2. The van der Waals surface area contributed by atoms with Gasteiger partial charge in [0.15, 0.2) is 0 Å². The molecule has 4 heteroatoms. The Hall–Kier alpha value is -0.870. The lowest BCUT2D eigenvalue weighted by molar-refractivity contribution is 0.0557. The maximum Gasteiger partial charge on any atom is 0.0925 e. The van der Waals surface area contributed by atoms with Crippen LogP contribution in [0.4, 0.5) is 0 Å². The highest BCUT2D eigenvalue weighted by molar-refractivity contribution is 5.08. The molecule has 1 aliphatic rings. The fraction of sp³-hybridized carbons (Fsp3) is 0.750. The lowest BCUT2D eigenvalue weighted by atomic mass is 9.93. The molecule has 0 amide bonds. The minimum Gasteiger partial charge on any atom is -0.381 e. The van der Waals surface area contributed by atoms with E-state index in [4.69, 9.17) is 4.74 Å². The summed E-state index contributed by atoms with van der Waals surface area (Å²) in [5.41, 5.74) is 2.28. The summed E-state index contributed by atoms with van der Waals surface area (Å²) < 4.78 is 5.37. The first-order chi connectivity index (χ1) is 7.77. The van der Waals surface area contributed by atoms with E-state index in [1.54, 1.807) is 6.33 Å². The average Bonchev–Trinajstić information content (AvgIpc) is 2.73. The lowest BCUT2D eigenvalue weighted by Crippen LogP contribution is -2.36. The van der Waals surface area contributed by atoms with Gasteiger partial charge in [-0.05, 0) is 32.6 Å². The zero-order valence-corrected chi connectivity index (χ0v) is 10.1. The number of hydrogen-bond acceptors (Lipinski definition) is 3. The number of aromatic amines is 1. The second kappa shape index (κ2) is 5.46. The van der Waals surface area contributed by atoms with Crippen molar-refractivity contribution in [2.75, 3.05) is 13.2 Å². The maximum absolute atomic E-state index is 5.37. The van der Waals surface area contributed by atoms with Crippen LogP contribution < -0.4 is 5.32 Å². The molecule has 1 aliphatic heterocycles. The molecule has 1 aromatic heterocycles. The van der Waals surface area contributed by atoms with Gasteiger partial charge in [0.05, 0.1) is 12.0 Å². The van der Waals surface area contributed by atoms with E-state index in [0.717, 1.165) is 37.1 Å². The molecule has 1 aromatic rings. The van der Waals surface area contributed by atoms with Gasteiger partial charge in [0, 0.05) is 31.5 Å². The van der Waals surface area contributed by atoms with Gasteiger partial charge in [0.2, 0.25) is 0 Å². The Kier molecular flexibility index (Phi) is 3.96. The molecular formula is C12H21N3O. The SMILES string of the molecule is Cc1[nH]cnc1CNC(C)C1CCOCC1. The first-order valence-corrected chi connectivity index (χ1v) is 6.07. The molecule has 4 nitrogen and oxygen atoms in total. The van der Waals surface area contributed by atoms with Crippen LogP contribution in [0.2, 0.25) is 0 Å². The van der Waals surface area contributed by atoms with Crippen LogP contribution in [-0.4, -0.2) is 29.2 Å². The summed E-state index contributed by atoms with van der Waals surface area (Å²) in [6.07, 6.45) is 4.10. The molecule has 0 aliphatic carbocycles. The van der Waals surface area contributed by atoms with Gasteiger partial charge in [-0.25, -0.2) is 4.98 Å². The molecule has 1 fully saturated rings. The summed E-state index contributed by atoms with van der Waals surface area (Å²) in [6, 6.07) is 0.542. The molecule has 0 radical (unpaired) electrons. The summed E-state index contributed by atoms with van der Waals surface area (Å²) in [6.45, 7) is 7.01. The van der Waals surface area contributed by atoms with Crippen LogP contribution >= 0.6 is 0 Å². The molecule has 2 heterocycles. The maximum atomic E-state index is 5.37. The summed E-state index contributed by atoms with van der Waals surface area (Å²) in [7, 11) is 0. The number of aryl methyl sites for hydroxylation is 1. The second-order valence-electron chi connectivity index (χ2n) is 4.59. The van der Waals surface area contributed by atoms with Crippen molar-refractivity contribution in [1.29, 1.82) is 0 Å². The summed E-state index contributed by atoms with van der Waals surface area (Å²) >= 11 is 0. The van der Waals surface area contributed by atoms with E-state index in [1.807, 2.05) is 0 Å². The quantitative estimate of drug-likeness (QED) is 0.815. The predicted octanol–water partition coefficient (Wildman–Crippen LogP) is 1.62. The normalized spacial score (nSPS) is 19.9. The minimum atomic E-state index is 0.542. The molecule has 0 saturated carbocycles. The average molecular weight is 223 g/mol. The standard InChI is InChI=1S/C12H21N3O/c1-9(11-3-5-16-6-4-11)13-7-12-10(2)14-8-15-12/h8-9,11,13H,3-7H2,1-2H3,(H,14,15). The predicted molar refractivity (Wildman–Crippen MR) is 63.2 cm³/mol. The van der Waals surface area contributed by atoms with Gasteiger partial charge in [0.25, 0.3) is 0 Å². The van der Waals surface area contributed by atoms with Gasteiger partial charge in [-0.15, -0.1) is 0 Å². The van der Waals surface area contributed by atoms with Gasteiger partial charge in [-0.3, -0.25) is 0 Å². The van der Waals surface area contributed by atoms with E-state index < -0.39 is 0 Å². The molecule has 1 saturated heterocycles. The zero-order valence-electron chi connectivity index (χ0n) is 10.1. The number of ether oxygens (including phenoxy) is 1. The van der Waals surface area contributed by atoms with Crippen LogP contribution in [0.25, 0.3) is 0 Å². The van der Waals surface area contributed by atoms with Gasteiger partial charge in [-0.1, -0.05) is 0 Å². The first-order valence-electron chi connectivity index (χ1n) is 6.07. The Balaban J connectivity index is 1.78. The van der Waals surface area contributed by atoms with Gasteiger partial charge < -0.3 is 15.0 Å². The van der Waals surface area contributed by atoms with E-state index in [9.17, 15) is 0 Å². The second-order valence-corrected chi connectivity index (χ2v) is 4.59. The van der Waals surface area contributed by atoms with Crippen LogP contribution in [-0.2, 0) is 11.3 Å². The highest BCUT2D eigenvalue weighted by Gasteiger charge is 2.20. The molecule has 0 spiro atoms. The molecule has 2 N–H and O–H groups in total. The highest BCUT2D eigenvalue weighted by Crippen LogP contribution is 2.18. The highest BCUT2D eigenvalue weighted by atomic mass is 16.5. The lowest BCUT2D eigenvalue weighted by Gasteiger charge is -2.28. The van der Waals surface area contributed by atoms with Gasteiger partial charge >= 0.3 is 0 Å². The number of imidazole rings is 1. The van der Waals surface area contributed by atoms with Crippen LogP contribution in [0.15, 0.2) is 6.33 Å². The number of hydrogen-bond donors (Lipinski definition) is 2. The fourth-order valence-electron chi connectivity index (χ4n) is 2.21. The first kappa shape index (κ1) is 11.6. The van der Waals surface area contributed by atoms with Crippen LogP contribution in [0, 0.1) is 12.8 Å². The Bertz CT molecular complexity index is 318. The smallest absolute Gasteiger partial charge is 0.0925 e. The monoisotopic (exact) mass is 223 g/mol. The molecule has 0 bridgehead atoms. The Morgan fingerprint density at radius 1 is 1.56 bits per heavy atom. The fourth-order valence-corrected chi connectivity index (χ4v) is 2.21. The summed E-state index contributed by atoms with van der Waals surface area (Å²) in [4.78, 5) is 7.39. The van der Waals surface area contributed by atoms with Crippen molar-refractivity contribution in [3.8, 4) is 0 Å². The summed E-state index contributed by atoms with van der Waals surface area (Å²) in [5, 5.41) is 3.56. The number of rotatable bonds is 4. The number of H-pyrrole nitrogens is 1. The van der Waals surface area contributed by atoms with E-state index in [0.29, 0.717) is 6.04 Å². The largest absolute Gasteiger partial charge is 0.381 e. The van der Waals surface area contributed by atoms with E-state index in [1.165, 1.54) is 12.8 Å². The van der Waals surface area contributed by atoms with Crippen molar-refractivity contribution in [3.05, 3.63) is 17.7 Å². The Morgan fingerprint density at radius 2 is 2.31 bits per heavy atom. The topological polar surface area (TPSA) is 49.9 Å². The van der Waals surface area contributed by atoms with Crippen molar-refractivity contribution in [2.45, 2.75) is 39.3 Å².